The van der Waals surface area contributed by atoms with Gasteiger partial charge in [-0.25, -0.2) is 19.4 Å². The summed E-state index contributed by atoms with van der Waals surface area (Å²) in [5, 5.41) is 19.4. The summed E-state index contributed by atoms with van der Waals surface area (Å²) in [5.74, 6) is -7.13. The van der Waals surface area contributed by atoms with Crippen LogP contribution in [0.1, 0.15) is 12.5 Å². The molecule has 8 heteroatoms. The van der Waals surface area contributed by atoms with Crippen LogP contribution >= 0.6 is 0 Å². The summed E-state index contributed by atoms with van der Waals surface area (Å²) in [6.07, 6.45) is 0. The zero-order chi connectivity index (χ0) is 15.0. The molecular formula is C12H12O8. The zero-order valence-electron chi connectivity index (χ0n) is 10.7. The fourth-order valence-electron chi connectivity index (χ4n) is 1.45. The summed E-state index contributed by atoms with van der Waals surface area (Å²) < 4.78 is 9.40. The van der Waals surface area contributed by atoms with E-state index in [2.05, 4.69) is 14.5 Å². The smallest absolute Gasteiger partial charge is 0.431 e. The number of rotatable bonds is 3. The predicted octanol–water partition coefficient (Wildman–Crippen LogP) is -0.420. The SMILES string of the molecule is COC(C)(O)C(=O)OOC(=O)C1(O)Oc2cccc1c2. The van der Waals surface area contributed by atoms with Crippen LogP contribution in [0, 0.1) is 0 Å². The Morgan fingerprint density at radius 3 is 2.65 bits per heavy atom. The van der Waals surface area contributed by atoms with Gasteiger partial charge < -0.3 is 19.7 Å². The van der Waals surface area contributed by atoms with Crippen molar-refractivity contribution in [1.82, 2.24) is 0 Å². The number of aliphatic hydroxyl groups is 2. The van der Waals surface area contributed by atoms with E-state index < -0.39 is 23.5 Å². The Morgan fingerprint density at radius 1 is 1.35 bits per heavy atom. The van der Waals surface area contributed by atoms with Crippen molar-refractivity contribution in [2.45, 2.75) is 18.5 Å². The molecule has 2 bridgehead atoms. The molecule has 2 unspecified atom stereocenters. The summed E-state index contributed by atoms with van der Waals surface area (Å²) in [6.45, 7) is 0.993. The van der Waals surface area contributed by atoms with E-state index in [0.29, 0.717) is 0 Å². The normalized spacial score (nSPS) is 22.6. The van der Waals surface area contributed by atoms with Crippen LogP contribution in [-0.4, -0.2) is 35.0 Å². The second-order valence-corrected chi connectivity index (χ2v) is 4.20. The van der Waals surface area contributed by atoms with Crippen molar-refractivity contribution >= 4 is 11.9 Å². The Kier molecular flexibility index (Phi) is 3.38. The van der Waals surface area contributed by atoms with Gasteiger partial charge in [-0.05, 0) is 12.1 Å². The third kappa shape index (κ3) is 2.31. The average molecular weight is 284 g/mol. The molecule has 1 heterocycles. The molecule has 0 saturated heterocycles. The topological polar surface area (TPSA) is 112 Å². The maximum absolute atomic E-state index is 11.7. The lowest BCUT2D eigenvalue weighted by molar-refractivity contribution is -0.306. The van der Waals surface area contributed by atoms with Crippen molar-refractivity contribution in [1.29, 1.82) is 0 Å². The zero-order valence-corrected chi connectivity index (χ0v) is 10.7. The van der Waals surface area contributed by atoms with Gasteiger partial charge >= 0.3 is 17.7 Å². The highest BCUT2D eigenvalue weighted by atomic mass is 17.2. The highest BCUT2D eigenvalue weighted by Crippen LogP contribution is 2.35. The molecule has 20 heavy (non-hydrogen) atoms. The summed E-state index contributed by atoms with van der Waals surface area (Å²) in [7, 11) is 1.06. The van der Waals surface area contributed by atoms with Crippen LogP contribution in [0.4, 0.5) is 0 Å². The molecule has 108 valence electrons. The molecule has 0 amide bonds. The molecule has 1 aromatic carbocycles. The Hall–Kier alpha value is -2.16. The lowest BCUT2D eigenvalue weighted by Crippen LogP contribution is -2.43. The molecule has 1 aliphatic rings. The average Bonchev–Trinajstić information content (AvgIpc) is 2.66. The molecule has 0 radical (unpaired) electrons. The molecule has 2 rings (SSSR count). The summed E-state index contributed by atoms with van der Waals surface area (Å²) >= 11 is 0. The number of hydrogen-bond donors (Lipinski definition) is 2. The van der Waals surface area contributed by atoms with Crippen molar-refractivity contribution in [2.75, 3.05) is 7.11 Å². The van der Waals surface area contributed by atoms with Crippen LogP contribution in [-0.2, 0) is 29.9 Å². The quantitative estimate of drug-likeness (QED) is 0.437. The Balaban J connectivity index is 2.02. The van der Waals surface area contributed by atoms with Crippen LogP contribution in [0.15, 0.2) is 24.3 Å². The molecule has 8 nitrogen and oxygen atoms in total. The van der Waals surface area contributed by atoms with Crippen LogP contribution in [0.2, 0.25) is 0 Å². The first-order chi connectivity index (χ1) is 9.29. The van der Waals surface area contributed by atoms with Crippen molar-refractivity contribution in [3.05, 3.63) is 29.8 Å². The molecule has 2 atom stereocenters. The summed E-state index contributed by atoms with van der Waals surface area (Å²) in [4.78, 5) is 31.3. The standard InChI is InChI=1S/C12H12O8/c1-11(15,17-2)9(13)19-20-10(14)12(16)7-4-3-5-8(6-7)18-12/h3-6,15-16H,1-2H3. The molecule has 0 saturated carbocycles. The van der Waals surface area contributed by atoms with Crippen LogP contribution in [0.25, 0.3) is 0 Å². The van der Waals surface area contributed by atoms with E-state index in [1.807, 2.05) is 0 Å². The minimum atomic E-state index is -2.39. The van der Waals surface area contributed by atoms with Crippen molar-refractivity contribution in [3.8, 4) is 5.75 Å². The van der Waals surface area contributed by atoms with E-state index in [-0.39, 0.29) is 11.3 Å². The van der Waals surface area contributed by atoms with Gasteiger partial charge in [-0.3, -0.25) is 0 Å². The van der Waals surface area contributed by atoms with E-state index in [4.69, 9.17) is 4.74 Å². The molecule has 1 aliphatic heterocycles. The molecular weight excluding hydrogens is 272 g/mol. The number of carbonyl (C=O) groups excluding carboxylic acids is 2. The van der Waals surface area contributed by atoms with Crippen molar-refractivity contribution in [2.24, 2.45) is 0 Å². The molecule has 0 aromatic heterocycles. The number of carbonyl (C=O) groups is 2. The minimum absolute atomic E-state index is 0.134. The Bertz CT molecular complexity index is 552. The molecule has 1 aromatic rings. The second-order valence-electron chi connectivity index (χ2n) is 4.20. The van der Waals surface area contributed by atoms with Gasteiger partial charge in [-0.2, -0.15) is 0 Å². The first-order valence-corrected chi connectivity index (χ1v) is 5.52. The third-order valence-electron chi connectivity index (χ3n) is 2.74. The van der Waals surface area contributed by atoms with Crippen LogP contribution in [0.3, 0.4) is 0 Å². The monoisotopic (exact) mass is 284 g/mol. The van der Waals surface area contributed by atoms with Gasteiger partial charge in [0, 0.05) is 19.6 Å². The number of fused-ring (bicyclic) bond motifs is 2. The van der Waals surface area contributed by atoms with Gasteiger partial charge in [-0.1, -0.05) is 12.1 Å². The van der Waals surface area contributed by atoms with Crippen molar-refractivity contribution < 1.29 is 39.1 Å². The highest BCUT2D eigenvalue weighted by molar-refractivity contribution is 5.82. The minimum Gasteiger partial charge on any atom is -0.448 e. The fourth-order valence-corrected chi connectivity index (χ4v) is 1.45. The first-order valence-electron chi connectivity index (χ1n) is 5.52. The lowest BCUT2D eigenvalue weighted by Gasteiger charge is -2.21. The van der Waals surface area contributed by atoms with Gasteiger partial charge in [0.2, 0.25) is 0 Å². The second kappa shape index (κ2) is 4.75. The van der Waals surface area contributed by atoms with Crippen LogP contribution in [0.5, 0.6) is 5.75 Å². The van der Waals surface area contributed by atoms with E-state index in [1.165, 1.54) is 18.2 Å². The fraction of sp³-hybridized carbons (Fsp3) is 0.333. The molecule has 2 N–H and O–H groups in total. The Morgan fingerprint density at radius 2 is 2.05 bits per heavy atom. The number of benzene rings is 1. The molecule has 0 aliphatic carbocycles. The van der Waals surface area contributed by atoms with Gasteiger partial charge in [0.15, 0.2) is 0 Å². The Labute approximate surface area is 113 Å². The summed E-state index contributed by atoms with van der Waals surface area (Å²) in [6, 6.07) is 5.95. The number of ether oxygens (including phenoxy) is 2. The van der Waals surface area contributed by atoms with E-state index in [0.717, 1.165) is 14.0 Å². The van der Waals surface area contributed by atoms with Gasteiger partial charge in [0.1, 0.15) is 5.75 Å². The van der Waals surface area contributed by atoms with Gasteiger partial charge in [-0.15, -0.1) is 0 Å². The number of hydrogen-bond acceptors (Lipinski definition) is 8. The van der Waals surface area contributed by atoms with E-state index in [1.54, 1.807) is 6.07 Å². The molecule has 0 fully saturated rings. The molecule has 0 spiro atoms. The first kappa shape index (κ1) is 14.3. The highest BCUT2D eigenvalue weighted by Gasteiger charge is 2.49. The van der Waals surface area contributed by atoms with E-state index in [9.17, 15) is 19.8 Å². The lowest BCUT2D eigenvalue weighted by atomic mass is 10.1. The number of methoxy groups -OCH3 is 1. The third-order valence-corrected chi connectivity index (χ3v) is 2.74. The van der Waals surface area contributed by atoms with Gasteiger partial charge in [0.05, 0.1) is 0 Å². The maximum Gasteiger partial charge on any atom is 0.431 e. The van der Waals surface area contributed by atoms with E-state index >= 15 is 0 Å². The predicted molar refractivity (Wildman–Crippen MR) is 60.8 cm³/mol. The maximum atomic E-state index is 11.7. The van der Waals surface area contributed by atoms with Crippen molar-refractivity contribution in [3.63, 3.8) is 0 Å². The van der Waals surface area contributed by atoms with Gasteiger partial charge in [0.25, 0.3) is 5.79 Å². The largest absolute Gasteiger partial charge is 0.448 e. The summed E-state index contributed by atoms with van der Waals surface area (Å²) in [5.41, 5.74) is 0.134. The van der Waals surface area contributed by atoms with Crippen LogP contribution < -0.4 is 4.74 Å².